The fraction of sp³-hybridized carbons (Fsp3) is 0.238. The van der Waals surface area contributed by atoms with E-state index in [1.54, 1.807) is 49.5 Å². The largest absolute Gasteiger partial charge is 0.468 e. The predicted octanol–water partition coefficient (Wildman–Crippen LogP) is 1.14. The summed E-state index contributed by atoms with van der Waals surface area (Å²) in [6.45, 7) is 0. The van der Waals surface area contributed by atoms with Crippen molar-refractivity contribution in [2.75, 3.05) is 31.5 Å². The topological polar surface area (TPSA) is 102 Å². The number of nitrogens with zero attached hydrogens (tertiary/aromatic N) is 1. The molecule has 148 valence electrons. The third kappa shape index (κ3) is 1.98. The molecule has 2 aliphatic heterocycles. The maximum Gasteiger partial charge on any atom is 0.376 e. The molecule has 1 spiro atoms. The maximum atomic E-state index is 13.7. The molecule has 2 atom stereocenters. The number of para-hydroxylation sites is 2. The van der Waals surface area contributed by atoms with Crippen LogP contribution < -0.4 is 10.2 Å². The number of hydrogen-bond donors (Lipinski definition) is 1. The second kappa shape index (κ2) is 6.16. The Morgan fingerprint density at radius 2 is 1.55 bits per heavy atom. The van der Waals surface area contributed by atoms with E-state index < -0.39 is 34.6 Å². The number of hydrogen-bond acceptors (Lipinski definition) is 7. The molecular formula is C21H18N2O6. The molecule has 0 fully saturated rings. The molecule has 0 saturated carbocycles. The third-order valence-electron chi connectivity index (χ3n) is 5.71. The summed E-state index contributed by atoms with van der Waals surface area (Å²) in [5.74, 6) is -4.00. The van der Waals surface area contributed by atoms with Gasteiger partial charge in [-0.1, -0.05) is 36.4 Å². The molecule has 4 rings (SSSR count). The number of nitrogens with one attached hydrogen (secondary N) is 1. The van der Waals surface area contributed by atoms with Gasteiger partial charge in [-0.15, -0.1) is 0 Å². The number of amides is 1. The lowest BCUT2D eigenvalue weighted by Gasteiger charge is -2.38. The standard InChI is InChI=1S/C21H18N2O6/c1-23-15-11-7-5-9-13(15)21(18(23)26)20(19(27)29-3,16(24)17(25)28-2)12-8-4-6-10-14(12)22-21/h4-11,22H,1-3H3. The van der Waals surface area contributed by atoms with E-state index in [2.05, 4.69) is 10.1 Å². The van der Waals surface area contributed by atoms with Crippen LogP contribution in [0.15, 0.2) is 48.5 Å². The van der Waals surface area contributed by atoms with Crippen molar-refractivity contribution in [3.05, 3.63) is 59.7 Å². The molecule has 0 radical (unpaired) electrons. The van der Waals surface area contributed by atoms with E-state index in [9.17, 15) is 19.2 Å². The number of carbonyl (C=O) groups is 4. The summed E-state index contributed by atoms with van der Waals surface area (Å²) in [7, 11) is 3.70. The summed E-state index contributed by atoms with van der Waals surface area (Å²) in [4.78, 5) is 54.3. The van der Waals surface area contributed by atoms with Crippen molar-refractivity contribution >= 4 is 35.0 Å². The molecule has 2 aromatic rings. The number of methoxy groups -OCH3 is 2. The first-order valence-electron chi connectivity index (χ1n) is 8.84. The van der Waals surface area contributed by atoms with Gasteiger partial charge in [0.05, 0.1) is 14.2 Å². The molecule has 8 nitrogen and oxygen atoms in total. The molecule has 2 heterocycles. The fourth-order valence-electron chi connectivity index (χ4n) is 4.51. The van der Waals surface area contributed by atoms with Gasteiger partial charge in [-0.3, -0.25) is 14.4 Å². The van der Waals surface area contributed by atoms with Crippen molar-refractivity contribution in [1.82, 2.24) is 0 Å². The van der Waals surface area contributed by atoms with Gasteiger partial charge in [-0.05, 0) is 12.1 Å². The minimum atomic E-state index is -2.29. The Morgan fingerprint density at radius 1 is 0.931 bits per heavy atom. The van der Waals surface area contributed by atoms with Crippen LogP contribution in [0.1, 0.15) is 11.1 Å². The average molecular weight is 394 g/mol. The van der Waals surface area contributed by atoms with Gasteiger partial charge in [0.25, 0.3) is 11.7 Å². The average Bonchev–Trinajstić information content (AvgIpc) is 3.18. The zero-order chi connectivity index (χ0) is 21.0. The van der Waals surface area contributed by atoms with E-state index in [1.165, 1.54) is 11.0 Å². The van der Waals surface area contributed by atoms with Gasteiger partial charge in [0.2, 0.25) is 5.41 Å². The summed E-state index contributed by atoms with van der Waals surface area (Å²) >= 11 is 0. The van der Waals surface area contributed by atoms with Crippen molar-refractivity contribution in [2.24, 2.45) is 0 Å². The molecule has 2 aromatic carbocycles. The lowest BCUT2D eigenvalue weighted by molar-refractivity contribution is -0.165. The zero-order valence-electron chi connectivity index (χ0n) is 16.0. The lowest BCUT2D eigenvalue weighted by atomic mass is 9.62. The Balaban J connectivity index is 2.18. The Labute approximate surface area is 166 Å². The van der Waals surface area contributed by atoms with E-state index >= 15 is 0 Å². The van der Waals surface area contributed by atoms with E-state index in [4.69, 9.17) is 4.74 Å². The highest BCUT2D eigenvalue weighted by Crippen LogP contribution is 2.59. The number of fused-ring (bicyclic) bond motifs is 3. The van der Waals surface area contributed by atoms with Gasteiger partial charge in [0, 0.05) is 29.5 Å². The van der Waals surface area contributed by atoms with Crippen LogP contribution in [0.5, 0.6) is 0 Å². The molecular weight excluding hydrogens is 376 g/mol. The first kappa shape index (κ1) is 18.7. The molecule has 2 aliphatic rings. The first-order valence-corrected chi connectivity index (χ1v) is 8.84. The summed E-state index contributed by atoms with van der Waals surface area (Å²) in [6, 6.07) is 13.3. The molecule has 0 aliphatic carbocycles. The smallest absolute Gasteiger partial charge is 0.376 e. The Hall–Kier alpha value is -3.68. The Morgan fingerprint density at radius 3 is 2.21 bits per heavy atom. The van der Waals surface area contributed by atoms with Gasteiger partial charge in [-0.25, -0.2) is 4.79 Å². The molecule has 29 heavy (non-hydrogen) atoms. The first-order chi connectivity index (χ1) is 13.9. The highest BCUT2D eigenvalue weighted by molar-refractivity contribution is 6.45. The van der Waals surface area contributed by atoms with E-state index in [-0.39, 0.29) is 5.56 Å². The Kier molecular flexibility index (Phi) is 3.97. The summed E-state index contributed by atoms with van der Waals surface area (Å²) < 4.78 is 9.68. The van der Waals surface area contributed by atoms with Crippen molar-refractivity contribution < 1.29 is 28.7 Å². The summed E-state index contributed by atoms with van der Waals surface area (Å²) in [5, 5.41) is 3.09. The normalized spacial score (nSPS) is 24.0. The molecule has 8 heteroatoms. The van der Waals surface area contributed by atoms with Crippen molar-refractivity contribution in [2.45, 2.75) is 11.0 Å². The molecule has 1 amide bonds. The van der Waals surface area contributed by atoms with Crippen LogP contribution in [0, 0.1) is 0 Å². The summed E-state index contributed by atoms with van der Waals surface area (Å²) in [5.41, 5.74) is -2.70. The molecule has 0 aromatic heterocycles. The Bertz CT molecular complexity index is 1080. The predicted molar refractivity (Wildman–Crippen MR) is 102 cm³/mol. The number of ether oxygens (including phenoxy) is 2. The van der Waals surface area contributed by atoms with Gasteiger partial charge >= 0.3 is 11.9 Å². The van der Waals surface area contributed by atoms with Crippen LogP contribution in [0.4, 0.5) is 11.4 Å². The van der Waals surface area contributed by atoms with E-state index in [0.717, 1.165) is 14.2 Å². The molecule has 1 N–H and O–H groups in total. The van der Waals surface area contributed by atoms with Crippen LogP contribution in [0.3, 0.4) is 0 Å². The minimum Gasteiger partial charge on any atom is -0.468 e. The third-order valence-corrected chi connectivity index (χ3v) is 5.71. The van der Waals surface area contributed by atoms with Gasteiger partial charge in [-0.2, -0.15) is 0 Å². The van der Waals surface area contributed by atoms with Crippen LogP contribution >= 0.6 is 0 Å². The van der Waals surface area contributed by atoms with E-state index in [1.807, 2.05) is 0 Å². The van der Waals surface area contributed by atoms with Crippen molar-refractivity contribution in [3.63, 3.8) is 0 Å². The van der Waals surface area contributed by atoms with Crippen LogP contribution in [0.2, 0.25) is 0 Å². The van der Waals surface area contributed by atoms with Gasteiger partial charge in [0.15, 0.2) is 5.54 Å². The lowest BCUT2D eigenvalue weighted by Crippen LogP contribution is -2.65. The van der Waals surface area contributed by atoms with Crippen molar-refractivity contribution in [3.8, 4) is 0 Å². The highest BCUT2D eigenvalue weighted by atomic mass is 16.5. The number of ketones is 1. The van der Waals surface area contributed by atoms with Gasteiger partial charge in [0.1, 0.15) is 0 Å². The minimum absolute atomic E-state index is 0.181. The van der Waals surface area contributed by atoms with Crippen molar-refractivity contribution in [1.29, 1.82) is 0 Å². The van der Waals surface area contributed by atoms with Gasteiger partial charge < -0.3 is 19.7 Å². The number of benzene rings is 2. The highest BCUT2D eigenvalue weighted by Gasteiger charge is 2.76. The number of rotatable bonds is 3. The fourth-order valence-corrected chi connectivity index (χ4v) is 4.51. The maximum absolute atomic E-state index is 13.7. The zero-order valence-corrected chi connectivity index (χ0v) is 16.0. The molecule has 0 bridgehead atoms. The number of likely N-dealkylation sites (N-methyl/N-ethyl adjacent to an activating group) is 1. The van der Waals surface area contributed by atoms with Crippen LogP contribution in [0.25, 0.3) is 0 Å². The second-order valence-electron chi connectivity index (χ2n) is 6.86. The molecule has 0 saturated heterocycles. The quantitative estimate of drug-likeness (QED) is 0.473. The molecule has 2 unspecified atom stereocenters. The SMILES string of the molecule is COC(=O)C(=O)C1(C(=O)OC)c2ccccc2NC12C(=O)N(C)c1ccccc12. The van der Waals surface area contributed by atoms with Crippen LogP contribution in [-0.2, 0) is 39.6 Å². The number of anilines is 2. The van der Waals surface area contributed by atoms with E-state index in [0.29, 0.717) is 16.9 Å². The number of carbonyl (C=O) groups excluding carboxylic acids is 4. The summed E-state index contributed by atoms with van der Waals surface area (Å²) in [6.07, 6.45) is 0. The number of esters is 2. The number of Topliss-reactive ketones (excluding diaryl/α,β-unsaturated/α-hetero) is 1. The monoisotopic (exact) mass is 394 g/mol. The van der Waals surface area contributed by atoms with Crippen LogP contribution in [-0.4, -0.2) is 44.9 Å². The second-order valence-corrected chi connectivity index (χ2v) is 6.86.